The SMILES string of the molecule is CC(C)(C)c1nc(-c2ccc(OC/C(=C\F)CN)cc2)n[nH]1. The fourth-order valence-corrected chi connectivity index (χ4v) is 1.74. The van der Waals surface area contributed by atoms with E-state index < -0.39 is 0 Å². The van der Waals surface area contributed by atoms with Gasteiger partial charge in [-0.3, -0.25) is 5.10 Å². The molecule has 0 bridgehead atoms. The molecule has 0 spiro atoms. The van der Waals surface area contributed by atoms with E-state index in [4.69, 9.17) is 10.5 Å². The maximum Gasteiger partial charge on any atom is 0.181 e. The summed E-state index contributed by atoms with van der Waals surface area (Å²) in [5.41, 5.74) is 6.60. The molecule has 0 saturated carbocycles. The second kappa shape index (κ2) is 6.70. The first-order chi connectivity index (χ1) is 10.4. The number of ether oxygens (including phenoxy) is 1. The molecule has 1 heterocycles. The van der Waals surface area contributed by atoms with Gasteiger partial charge in [0.05, 0.1) is 6.33 Å². The third-order valence-electron chi connectivity index (χ3n) is 3.15. The molecule has 0 aliphatic rings. The number of H-pyrrole nitrogens is 1. The smallest absolute Gasteiger partial charge is 0.181 e. The molecule has 22 heavy (non-hydrogen) atoms. The average Bonchev–Trinajstić information content (AvgIpc) is 2.99. The molecule has 0 unspecified atom stereocenters. The van der Waals surface area contributed by atoms with Crippen molar-refractivity contribution in [2.24, 2.45) is 5.73 Å². The van der Waals surface area contributed by atoms with Crippen LogP contribution in [0.1, 0.15) is 26.6 Å². The molecule has 6 heteroatoms. The molecule has 0 aliphatic heterocycles. The van der Waals surface area contributed by atoms with Crippen LogP contribution in [0.2, 0.25) is 0 Å². The summed E-state index contributed by atoms with van der Waals surface area (Å²) < 4.78 is 17.9. The maximum atomic E-state index is 12.4. The number of rotatable bonds is 5. The zero-order valence-electron chi connectivity index (χ0n) is 13.1. The summed E-state index contributed by atoms with van der Waals surface area (Å²) in [6.45, 7) is 6.49. The first kappa shape index (κ1) is 16.2. The lowest BCUT2D eigenvalue weighted by Gasteiger charge is -2.12. The van der Waals surface area contributed by atoms with E-state index >= 15 is 0 Å². The zero-order valence-corrected chi connectivity index (χ0v) is 13.1. The van der Waals surface area contributed by atoms with E-state index in [1.165, 1.54) is 0 Å². The Morgan fingerprint density at radius 3 is 2.50 bits per heavy atom. The van der Waals surface area contributed by atoms with Crippen LogP contribution in [0.3, 0.4) is 0 Å². The summed E-state index contributed by atoms with van der Waals surface area (Å²) in [6.07, 6.45) is 0.482. The molecule has 2 rings (SSSR count). The lowest BCUT2D eigenvalue weighted by molar-refractivity contribution is 0.347. The quantitative estimate of drug-likeness (QED) is 0.890. The third-order valence-corrected chi connectivity index (χ3v) is 3.15. The second-order valence-electron chi connectivity index (χ2n) is 6.04. The van der Waals surface area contributed by atoms with Crippen molar-refractivity contribution < 1.29 is 9.13 Å². The highest BCUT2D eigenvalue weighted by Crippen LogP contribution is 2.23. The lowest BCUT2D eigenvalue weighted by atomic mass is 9.96. The van der Waals surface area contributed by atoms with Gasteiger partial charge in [-0.05, 0) is 24.3 Å². The third kappa shape index (κ3) is 3.92. The van der Waals surface area contributed by atoms with Gasteiger partial charge in [-0.25, -0.2) is 9.37 Å². The highest BCUT2D eigenvalue weighted by Gasteiger charge is 2.19. The van der Waals surface area contributed by atoms with Crippen molar-refractivity contribution >= 4 is 0 Å². The van der Waals surface area contributed by atoms with Gasteiger partial charge in [0, 0.05) is 23.1 Å². The van der Waals surface area contributed by atoms with Crippen molar-refractivity contribution in [1.82, 2.24) is 15.2 Å². The van der Waals surface area contributed by atoms with Crippen LogP contribution in [-0.2, 0) is 5.41 Å². The van der Waals surface area contributed by atoms with Crippen molar-refractivity contribution in [3.8, 4) is 17.1 Å². The highest BCUT2D eigenvalue weighted by atomic mass is 19.1. The van der Waals surface area contributed by atoms with E-state index in [1.54, 1.807) is 12.1 Å². The number of halogens is 1. The van der Waals surface area contributed by atoms with Crippen LogP contribution in [0.4, 0.5) is 4.39 Å². The van der Waals surface area contributed by atoms with E-state index in [0.29, 0.717) is 23.5 Å². The standard InChI is InChI=1S/C16H21FN4O/c1-16(2,3)15-19-14(20-21-15)12-4-6-13(7-5-12)22-10-11(8-17)9-18/h4-8H,9-10,18H2,1-3H3,(H,19,20,21)/b11-8-. The Bertz CT molecular complexity index is 641. The van der Waals surface area contributed by atoms with Crippen molar-refractivity contribution in [3.63, 3.8) is 0 Å². The molecule has 0 aliphatic carbocycles. The highest BCUT2D eigenvalue weighted by molar-refractivity contribution is 5.56. The normalized spacial score (nSPS) is 12.5. The van der Waals surface area contributed by atoms with Gasteiger partial charge in [-0.15, -0.1) is 0 Å². The Labute approximate surface area is 129 Å². The van der Waals surface area contributed by atoms with Crippen molar-refractivity contribution in [2.45, 2.75) is 26.2 Å². The van der Waals surface area contributed by atoms with E-state index in [2.05, 4.69) is 36.0 Å². The fourth-order valence-electron chi connectivity index (χ4n) is 1.74. The summed E-state index contributed by atoms with van der Waals surface area (Å²) in [5.74, 6) is 2.12. The maximum absolute atomic E-state index is 12.4. The van der Waals surface area contributed by atoms with Crippen LogP contribution in [-0.4, -0.2) is 28.3 Å². The van der Waals surface area contributed by atoms with Gasteiger partial charge in [0.2, 0.25) is 0 Å². The number of nitrogens with one attached hydrogen (secondary N) is 1. The number of benzene rings is 1. The number of nitrogens with two attached hydrogens (primary N) is 1. The van der Waals surface area contributed by atoms with Gasteiger partial charge in [0.25, 0.3) is 0 Å². The Morgan fingerprint density at radius 1 is 1.32 bits per heavy atom. The number of hydrogen-bond acceptors (Lipinski definition) is 4. The Hall–Kier alpha value is -2.21. The van der Waals surface area contributed by atoms with Gasteiger partial charge >= 0.3 is 0 Å². The minimum absolute atomic E-state index is 0.0778. The van der Waals surface area contributed by atoms with E-state index in [-0.39, 0.29) is 18.6 Å². The molecule has 0 amide bonds. The Balaban J connectivity index is 2.07. The monoisotopic (exact) mass is 304 g/mol. The van der Waals surface area contributed by atoms with Gasteiger partial charge < -0.3 is 10.5 Å². The molecule has 118 valence electrons. The van der Waals surface area contributed by atoms with Crippen molar-refractivity contribution in [3.05, 3.63) is 42.0 Å². The number of aromatic nitrogens is 3. The van der Waals surface area contributed by atoms with Gasteiger partial charge in [0.15, 0.2) is 5.82 Å². The molecule has 0 fully saturated rings. The zero-order chi connectivity index (χ0) is 16.2. The molecule has 1 aromatic carbocycles. The van der Waals surface area contributed by atoms with Crippen LogP contribution in [0.25, 0.3) is 11.4 Å². The minimum Gasteiger partial charge on any atom is -0.489 e. The lowest BCUT2D eigenvalue weighted by Crippen LogP contribution is -2.13. The van der Waals surface area contributed by atoms with E-state index in [1.807, 2.05) is 12.1 Å². The summed E-state index contributed by atoms with van der Waals surface area (Å²) in [6, 6.07) is 7.34. The van der Waals surface area contributed by atoms with Gasteiger partial charge in [-0.1, -0.05) is 20.8 Å². The molecular weight excluding hydrogens is 283 g/mol. The first-order valence-electron chi connectivity index (χ1n) is 7.08. The predicted octanol–water partition coefficient (Wildman–Crippen LogP) is 2.96. The molecule has 2 aromatic rings. The van der Waals surface area contributed by atoms with Gasteiger partial charge in [-0.2, -0.15) is 5.10 Å². The topological polar surface area (TPSA) is 76.8 Å². The van der Waals surface area contributed by atoms with Crippen LogP contribution < -0.4 is 10.5 Å². The van der Waals surface area contributed by atoms with E-state index in [9.17, 15) is 4.39 Å². The summed E-state index contributed by atoms with van der Waals surface area (Å²) in [7, 11) is 0. The molecule has 5 nitrogen and oxygen atoms in total. The number of hydrogen-bond donors (Lipinski definition) is 2. The Morgan fingerprint density at radius 2 is 2.00 bits per heavy atom. The Kier molecular flexibility index (Phi) is 4.92. The number of nitrogens with zero attached hydrogens (tertiary/aromatic N) is 2. The molecule has 0 radical (unpaired) electrons. The van der Waals surface area contributed by atoms with Crippen LogP contribution in [0, 0.1) is 0 Å². The molecular formula is C16H21FN4O. The van der Waals surface area contributed by atoms with E-state index in [0.717, 1.165) is 11.4 Å². The second-order valence-corrected chi connectivity index (χ2v) is 6.04. The fraction of sp³-hybridized carbons (Fsp3) is 0.375. The minimum atomic E-state index is -0.0778. The average molecular weight is 304 g/mol. The summed E-state index contributed by atoms with van der Waals surface area (Å²) in [4.78, 5) is 4.50. The largest absolute Gasteiger partial charge is 0.489 e. The van der Waals surface area contributed by atoms with Crippen LogP contribution in [0.5, 0.6) is 5.75 Å². The summed E-state index contributed by atoms with van der Waals surface area (Å²) in [5, 5.41) is 7.19. The van der Waals surface area contributed by atoms with Gasteiger partial charge in [0.1, 0.15) is 18.2 Å². The van der Waals surface area contributed by atoms with Crippen LogP contribution in [0.15, 0.2) is 36.2 Å². The molecule has 1 aromatic heterocycles. The first-order valence-corrected chi connectivity index (χ1v) is 7.08. The van der Waals surface area contributed by atoms with Crippen LogP contribution >= 0.6 is 0 Å². The molecule has 0 atom stereocenters. The van der Waals surface area contributed by atoms with Crippen molar-refractivity contribution in [2.75, 3.05) is 13.2 Å². The van der Waals surface area contributed by atoms with Crippen molar-refractivity contribution in [1.29, 1.82) is 0 Å². The summed E-state index contributed by atoms with van der Waals surface area (Å²) >= 11 is 0. The number of aromatic amines is 1. The molecule has 0 saturated heterocycles. The molecule has 3 N–H and O–H groups in total. The predicted molar refractivity (Wildman–Crippen MR) is 84.3 cm³/mol.